The molecule has 0 spiro atoms. The second kappa shape index (κ2) is 60.8. The van der Waals surface area contributed by atoms with Crippen molar-refractivity contribution in [2.24, 2.45) is 0 Å². The summed E-state index contributed by atoms with van der Waals surface area (Å²) in [6.07, 6.45) is 13.0. The van der Waals surface area contributed by atoms with E-state index in [1.165, 1.54) is 56.8 Å². The van der Waals surface area contributed by atoms with Crippen molar-refractivity contribution in [1.29, 1.82) is 0 Å². The van der Waals surface area contributed by atoms with Crippen molar-refractivity contribution in [2.45, 2.75) is 81.6 Å². The third kappa shape index (κ3) is 52.8. The van der Waals surface area contributed by atoms with Gasteiger partial charge in [0.2, 0.25) is 11.2 Å². The average Bonchev–Trinajstić information content (AvgIpc) is 2.17. The quantitative estimate of drug-likeness (QED) is 0.0147. The molecule has 3 aliphatic rings. The summed E-state index contributed by atoms with van der Waals surface area (Å²) < 4.78 is 62.2. The highest BCUT2D eigenvalue weighted by atomic mass is 36.0. The average molecular weight is 1380 g/mol. The number of esters is 6. The number of carbonyl (C=O) groups excluding carboxylic acids is 8. The van der Waals surface area contributed by atoms with Gasteiger partial charge in [0, 0.05) is 102 Å². The number of nitrogens with one attached hydrogen (secondary N) is 6. The zero-order chi connectivity index (χ0) is 69.7. The molecule has 90 heavy (non-hydrogen) atoms. The van der Waals surface area contributed by atoms with E-state index in [-0.39, 0.29) is 41.3 Å². The molecule has 2 amide bonds. The van der Waals surface area contributed by atoms with Crippen LogP contribution in [0.25, 0.3) is 0 Å². The summed E-state index contributed by atoms with van der Waals surface area (Å²) in [5, 5.41) is 11.4. The number of rotatable bonds is 18. The topological polar surface area (TPSA) is 388 Å². The maximum Gasteiger partial charge on any atom is 0.344 e. The van der Waals surface area contributed by atoms with E-state index in [2.05, 4.69) is 109 Å². The lowest BCUT2D eigenvalue weighted by Crippen LogP contribution is -2.44. The van der Waals surface area contributed by atoms with E-state index in [1.54, 1.807) is 41.5 Å². The highest BCUT2D eigenvalue weighted by Gasteiger charge is 2.17. The first kappa shape index (κ1) is 87.1. The number of H-pyrrole nitrogens is 1. The number of halogens is 5. The number of methoxy groups -OCH3 is 1. The van der Waals surface area contributed by atoms with E-state index in [4.69, 9.17) is 36.7 Å². The van der Waals surface area contributed by atoms with E-state index in [1.807, 2.05) is 20.8 Å². The number of alkyl halides is 1. The van der Waals surface area contributed by atoms with Crippen molar-refractivity contribution >= 4 is 105 Å². The molecule has 30 nitrogen and oxygen atoms in total. The van der Waals surface area contributed by atoms with Crippen molar-refractivity contribution in [3.8, 4) is 0 Å². The molecule has 3 aromatic heterocycles. The summed E-state index contributed by atoms with van der Waals surface area (Å²) in [4.78, 5) is 119. The van der Waals surface area contributed by atoms with Gasteiger partial charge in [-0.05, 0) is 107 Å². The highest BCUT2D eigenvalue weighted by molar-refractivity contribution is 8.24. The van der Waals surface area contributed by atoms with Gasteiger partial charge in [0.15, 0.2) is 0 Å². The minimum atomic E-state index is -3.22. The van der Waals surface area contributed by atoms with Gasteiger partial charge in [-0.15, -0.1) is 0 Å². The molecular weight excluding hydrogens is 1300 g/mol. The molecule has 6 heterocycles. The predicted molar refractivity (Wildman–Crippen MR) is 337 cm³/mol. The van der Waals surface area contributed by atoms with Crippen LogP contribution < -0.4 is 37.2 Å². The number of anilines is 1. The molecule has 6 N–H and O–H groups in total. The number of carbonyl (C=O) groups is 8. The molecule has 6 rings (SSSR count). The van der Waals surface area contributed by atoms with E-state index >= 15 is 0 Å². The Morgan fingerprint density at radius 2 is 1.09 bits per heavy atom. The molecule has 3 aromatic rings. The number of nitrogens with zero attached hydrogens (tertiary/aromatic N) is 6. The van der Waals surface area contributed by atoms with Gasteiger partial charge >= 0.3 is 52.7 Å². The normalized spacial score (nSPS) is 12.5. The Labute approximate surface area is 544 Å². The lowest BCUT2D eigenvalue weighted by Gasteiger charge is -2.27. The molecule has 2 saturated heterocycles. The monoisotopic (exact) mass is 1380 g/mol. The van der Waals surface area contributed by atoms with Crippen molar-refractivity contribution in [2.75, 3.05) is 124 Å². The Hall–Kier alpha value is -7.12. The van der Waals surface area contributed by atoms with Gasteiger partial charge in [0.25, 0.3) is 6.47 Å². The van der Waals surface area contributed by atoms with Gasteiger partial charge in [-0.3, -0.25) is 18.5 Å². The Balaban J connectivity index is -0.000000476. The number of ether oxygens (including phenoxy) is 8. The molecule has 510 valence electrons. The number of hydrogen-bond acceptors (Lipinski definition) is 27. The lowest BCUT2D eigenvalue weighted by atomic mass is 10.2. The van der Waals surface area contributed by atoms with E-state index < -0.39 is 36.0 Å². The summed E-state index contributed by atoms with van der Waals surface area (Å²) in [5.74, 6) is -1.41. The smallest absolute Gasteiger partial charge is 0.344 e. The minimum Gasteiger partial charge on any atom is -0.504 e. The number of aromatic amines is 1. The van der Waals surface area contributed by atoms with Gasteiger partial charge in [0.05, 0.1) is 103 Å². The van der Waals surface area contributed by atoms with Gasteiger partial charge in [0.1, 0.15) is 0 Å². The fourth-order valence-corrected chi connectivity index (χ4v) is 5.60. The second-order valence-corrected chi connectivity index (χ2v) is 22.9. The zero-order valence-corrected chi connectivity index (χ0v) is 56.1. The fourth-order valence-electron chi connectivity index (χ4n) is 5.51. The molecule has 0 aromatic carbocycles. The molecule has 0 bridgehead atoms. The first-order chi connectivity index (χ1) is 43.4. The summed E-state index contributed by atoms with van der Waals surface area (Å²) in [7, 11) is 0.509. The summed E-state index contributed by atoms with van der Waals surface area (Å²) in [6.45, 7) is 27.7. The van der Waals surface area contributed by atoms with Gasteiger partial charge in [-0.1, -0.05) is 13.8 Å². The SMILES string of the molecule is C1CNCCN1.CCCC(=O)OCC.CCOC(=O)/C(=C\OC)CC.CCOC(=O)C1=CNC(=O)NC1.CCOC(=O)c1cnc(=O)[nH]c1.CCOC(=O)c1cnc(Cl)nc1.CCOC(=O)c1cnc(N2CCNCC2)nc1.CCOC=O.O=P(Cl)(Cl)Cl.[2H]CF. The van der Waals surface area contributed by atoms with Crippen molar-refractivity contribution in [1.82, 2.24) is 56.5 Å². The summed E-state index contributed by atoms with van der Waals surface area (Å²) in [6, 6.07) is -0.303. The van der Waals surface area contributed by atoms with Crippen LogP contribution in [0.1, 0.15) is 114 Å². The zero-order valence-electron chi connectivity index (χ0n) is 53.2. The third-order valence-electron chi connectivity index (χ3n) is 9.35. The van der Waals surface area contributed by atoms with Crippen LogP contribution in [0.4, 0.5) is 15.1 Å². The van der Waals surface area contributed by atoms with Crippen LogP contribution in [0.3, 0.4) is 0 Å². The standard InChI is InChI=1S/C11H16N4O2.C8H14O3.C7H7ClN2O2.C7H10N2O3.C7H8N2O3.C6H12O2.C4H10N2.C3H6O2.CH3F.Cl3OP/c1-2-17-10(16)9-7-13-11(14-8-9)15-5-3-12-4-6-15;1-4-7(6-10-3)8(9)11-5-2;1-2-12-6(11)5-3-9-7(8)10-4-5;2*1-2-12-6(10)5-3-8-7(11)9-4-5;1-3-5-6(7)8-4-2;1-2-6-4-3-5-1;1-2-5-3-4;1-2;1-5(2,3)4/h7-8,12H,2-6H2,1H3;6H,4-5H2,1-3H3;3-4H,2H2,1H3;3H,2,4H2,1H3,(H2,8,9,11);3-4H,2H2,1H3,(H,8,9,11);3-5H2,1-2H3;5-6H,1-4H2;3H,2H2,1H3;1H3;/b;7-6-;;;;;;;;/i;;;;;;;;1D;. The Morgan fingerprint density at radius 1 is 0.656 bits per heavy atom. The summed E-state index contributed by atoms with van der Waals surface area (Å²) >= 11 is 19.3. The molecule has 36 heteroatoms. The van der Waals surface area contributed by atoms with Crippen LogP contribution in [0, 0.1) is 0 Å². The number of urea groups is 1. The van der Waals surface area contributed by atoms with E-state index in [9.17, 15) is 52.1 Å². The van der Waals surface area contributed by atoms with Crippen LogP contribution in [-0.2, 0) is 61.6 Å². The number of amides is 2. The maximum absolute atomic E-state index is 11.4. The van der Waals surface area contributed by atoms with Crippen LogP contribution in [0.2, 0.25) is 5.28 Å². The Kier molecular flexibility index (Phi) is 58.8. The van der Waals surface area contributed by atoms with E-state index in [0.29, 0.717) is 93.8 Å². The van der Waals surface area contributed by atoms with Gasteiger partial charge < -0.3 is 74.4 Å². The first-order valence-corrected chi connectivity index (χ1v) is 32.5. The fraction of sp³-hybridized carbons (Fsp3) is 0.556. The second-order valence-electron chi connectivity index (χ2n) is 15.9. The minimum absolute atomic E-state index is 0.0880. The Bertz CT molecular complexity index is 2580. The molecule has 0 aliphatic carbocycles. The Morgan fingerprint density at radius 3 is 1.44 bits per heavy atom. The molecule has 0 unspecified atom stereocenters. The highest BCUT2D eigenvalue weighted by Crippen LogP contribution is 2.61. The predicted octanol–water partition coefficient (Wildman–Crippen LogP) is 6.66. The van der Waals surface area contributed by atoms with Crippen molar-refractivity contribution in [3.63, 3.8) is 0 Å². The number of hydrogen-bond donors (Lipinski definition) is 6. The van der Waals surface area contributed by atoms with Crippen LogP contribution in [-0.4, -0.2) is 198 Å². The molecular formula is C54H86Cl4FN12O18P. The van der Waals surface area contributed by atoms with Crippen molar-refractivity contribution in [3.05, 3.63) is 93.2 Å². The molecule has 2 fully saturated rings. The van der Waals surface area contributed by atoms with Crippen molar-refractivity contribution < 1.29 is 86.6 Å². The molecule has 3 aliphatic heterocycles. The molecule has 0 radical (unpaired) electrons. The lowest BCUT2D eigenvalue weighted by molar-refractivity contribution is -0.143. The third-order valence-corrected chi connectivity index (χ3v) is 9.54. The first-order valence-electron chi connectivity index (χ1n) is 28.4. The van der Waals surface area contributed by atoms with Gasteiger partial charge in [-0.25, -0.2) is 58.5 Å². The van der Waals surface area contributed by atoms with E-state index in [0.717, 1.165) is 58.8 Å². The molecule has 0 atom stereocenters. The van der Waals surface area contributed by atoms with Crippen LogP contribution in [0.5, 0.6) is 0 Å². The largest absolute Gasteiger partial charge is 0.504 e. The number of piperazine rings is 2. The van der Waals surface area contributed by atoms with Gasteiger partial charge in [-0.2, -0.15) is 0 Å². The molecule has 0 saturated carbocycles. The van der Waals surface area contributed by atoms with Crippen LogP contribution in [0.15, 0.2) is 65.6 Å². The number of aromatic nitrogens is 6. The maximum atomic E-state index is 11.4. The van der Waals surface area contributed by atoms with Crippen LogP contribution >= 0.6 is 50.5 Å². The summed E-state index contributed by atoms with van der Waals surface area (Å²) in [5.41, 5.74) is 1.46.